The van der Waals surface area contributed by atoms with Gasteiger partial charge in [0.25, 0.3) is 0 Å². The van der Waals surface area contributed by atoms with Crippen molar-refractivity contribution in [3.05, 3.63) is 84.9 Å². The van der Waals surface area contributed by atoms with E-state index in [-0.39, 0.29) is 0 Å². The van der Waals surface area contributed by atoms with Crippen LogP contribution in [0.3, 0.4) is 0 Å². The van der Waals surface area contributed by atoms with Gasteiger partial charge in [-0.15, -0.1) is 0 Å². The molecule has 3 aromatic rings. The van der Waals surface area contributed by atoms with Crippen molar-refractivity contribution in [3.8, 4) is 35.4 Å². The molecule has 0 aliphatic carbocycles. The SMILES string of the molecule is C#N.C#N.c1ccc(-c2ccccc2-c2ccccc2)cc1. The van der Waals surface area contributed by atoms with E-state index in [1.807, 2.05) is 0 Å². The second-order valence-electron chi connectivity index (χ2n) is 4.28. The van der Waals surface area contributed by atoms with Crippen LogP contribution < -0.4 is 0 Å². The van der Waals surface area contributed by atoms with Crippen LogP contribution in [-0.4, -0.2) is 0 Å². The Morgan fingerprint density at radius 3 is 1.00 bits per heavy atom. The summed E-state index contributed by atoms with van der Waals surface area (Å²) in [4.78, 5) is 0. The molecule has 3 rings (SSSR count). The van der Waals surface area contributed by atoms with Gasteiger partial charge < -0.3 is 0 Å². The first-order valence-electron chi connectivity index (χ1n) is 6.67. The van der Waals surface area contributed by atoms with E-state index in [9.17, 15) is 0 Å². The fourth-order valence-electron chi connectivity index (χ4n) is 2.22. The van der Waals surface area contributed by atoms with Gasteiger partial charge >= 0.3 is 0 Å². The minimum Gasteiger partial charge on any atom is -0.202 e. The van der Waals surface area contributed by atoms with Gasteiger partial charge in [-0.25, -0.2) is 10.5 Å². The predicted molar refractivity (Wildman–Crippen MR) is 90.7 cm³/mol. The summed E-state index contributed by atoms with van der Waals surface area (Å²) in [6.07, 6.45) is 0. The van der Waals surface area contributed by atoms with Crippen molar-refractivity contribution in [3.63, 3.8) is 0 Å². The molecule has 3 aromatic carbocycles. The molecule has 0 aliphatic heterocycles. The zero-order valence-electron chi connectivity index (χ0n) is 12.1. The van der Waals surface area contributed by atoms with Crippen LogP contribution in [0.25, 0.3) is 22.3 Å². The fraction of sp³-hybridized carbons (Fsp3) is 0. The zero-order chi connectivity index (χ0) is 16.2. The minimum absolute atomic E-state index is 1.26. The highest BCUT2D eigenvalue weighted by Gasteiger charge is 2.05. The lowest BCUT2D eigenvalue weighted by molar-refractivity contribution is 1.58. The fourth-order valence-corrected chi connectivity index (χ4v) is 2.22. The molecule has 0 spiro atoms. The van der Waals surface area contributed by atoms with Crippen molar-refractivity contribution in [1.29, 1.82) is 10.5 Å². The number of rotatable bonds is 2. The van der Waals surface area contributed by atoms with Crippen LogP contribution in [0.2, 0.25) is 0 Å². The molecular weight excluding hydrogens is 268 g/mol. The third-order valence-electron chi connectivity index (χ3n) is 3.10. The Kier molecular flexibility index (Phi) is 7.23. The standard InChI is InChI=1S/C18H14.2CHN/c1-3-9-15(10-4-1)17-13-7-8-14-18(17)16-11-5-2-6-12-16;2*1-2/h1-14H;2*1H. The molecule has 0 fully saturated rings. The van der Waals surface area contributed by atoms with Crippen molar-refractivity contribution in [2.75, 3.05) is 0 Å². The summed E-state index contributed by atoms with van der Waals surface area (Å²) >= 11 is 0. The van der Waals surface area contributed by atoms with E-state index in [0.29, 0.717) is 0 Å². The van der Waals surface area contributed by atoms with Crippen LogP contribution in [0, 0.1) is 23.7 Å². The van der Waals surface area contributed by atoms with Gasteiger partial charge in [-0.1, -0.05) is 84.9 Å². The van der Waals surface area contributed by atoms with Gasteiger partial charge in [-0.05, 0) is 22.3 Å². The van der Waals surface area contributed by atoms with E-state index in [1.165, 1.54) is 22.3 Å². The van der Waals surface area contributed by atoms with Gasteiger partial charge in [0.05, 0.1) is 0 Å². The van der Waals surface area contributed by atoms with Gasteiger partial charge in [0.1, 0.15) is 0 Å². The number of benzene rings is 3. The summed E-state index contributed by atoms with van der Waals surface area (Å²) in [5.41, 5.74) is 5.09. The van der Waals surface area contributed by atoms with Gasteiger partial charge in [0, 0.05) is 13.1 Å². The molecule has 0 radical (unpaired) electrons. The number of nitriles is 2. The van der Waals surface area contributed by atoms with Crippen LogP contribution in [-0.2, 0) is 0 Å². The molecule has 0 N–H and O–H groups in total. The lowest BCUT2D eigenvalue weighted by Crippen LogP contribution is -1.83. The average molecular weight is 284 g/mol. The smallest absolute Gasteiger partial charge is 0.0462 e. The molecule has 0 aliphatic rings. The molecular formula is C20H16N2. The first kappa shape index (κ1) is 16.7. The number of hydrogen-bond donors (Lipinski definition) is 0. The summed E-state index contributed by atoms with van der Waals surface area (Å²) < 4.78 is 0. The van der Waals surface area contributed by atoms with Crippen molar-refractivity contribution < 1.29 is 0 Å². The van der Waals surface area contributed by atoms with Gasteiger partial charge in [0.2, 0.25) is 0 Å². The topological polar surface area (TPSA) is 47.6 Å². The summed E-state index contributed by atoms with van der Waals surface area (Å²) in [7, 11) is 0. The van der Waals surface area contributed by atoms with Crippen molar-refractivity contribution in [2.45, 2.75) is 0 Å². The van der Waals surface area contributed by atoms with E-state index in [1.54, 1.807) is 0 Å². The highest BCUT2D eigenvalue weighted by atomic mass is 14.2. The highest BCUT2D eigenvalue weighted by molar-refractivity contribution is 5.83. The zero-order valence-corrected chi connectivity index (χ0v) is 12.1. The molecule has 0 saturated heterocycles. The van der Waals surface area contributed by atoms with E-state index in [0.717, 1.165) is 0 Å². The summed E-state index contributed by atoms with van der Waals surface area (Å²) in [5.74, 6) is 0. The maximum Gasteiger partial charge on any atom is 0.0462 e. The van der Waals surface area contributed by atoms with Crippen molar-refractivity contribution in [2.24, 2.45) is 0 Å². The molecule has 2 heteroatoms. The molecule has 0 aromatic heterocycles. The van der Waals surface area contributed by atoms with Crippen LogP contribution in [0.1, 0.15) is 0 Å². The molecule has 106 valence electrons. The first-order chi connectivity index (χ1) is 10.9. The molecule has 0 atom stereocenters. The Hall–Kier alpha value is -3.36. The summed E-state index contributed by atoms with van der Waals surface area (Å²) in [6.45, 7) is 7.00. The molecule has 0 amide bonds. The minimum atomic E-state index is 1.26. The Balaban J connectivity index is 0.000000561. The van der Waals surface area contributed by atoms with Crippen LogP contribution in [0.4, 0.5) is 0 Å². The van der Waals surface area contributed by atoms with Crippen molar-refractivity contribution in [1.82, 2.24) is 0 Å². The normalized spacial score (nSPS) is 8.55. The number of nitrogens with zero attached hydrogens (tertiary/aromatic N) is 2. The highest BCUT2D eigenvalue weighted by Crippen LogP contribution is 2.31. The second kappa shape index (κ2) is 9.53. The summed E-state index contributed by atoms with van der Waals surface area (Å²) in [5, 5.41) is 13.0. The largest absolute Gasteiger partial charge is 0.202 e. The van der Waals surface area contributed by atoms with Crippen LogP contribution in [0.15, 0.2) is 84.9 Å². The van der Waals surface area contributed by atoms with E-state index in [4.69, 9.17) is 10.5 Å². The van der Waals surface area contributed by atoms with Gasteiger partial charge in [-0.2, -0.15) is 0 Å². The Morgan fingerprint density at radius 2 is 0.682 bits per heavy atom. The second-order valence-corrected chi connectivity index (χ2v) is 4.28. The monoisotopic (exact) mass is 284 g/mol. The predicted octanol–water partition coefficient (Wildman–Crippen LogP) is 5.30. The average Bonchev–Trinajstić information content (AvgIpc) is 2.66. The number of hydrogen-bond acceptors (Lipinski definition) is 2. The summed E-state index contributed by atoms with van der Waals surface area (Å²) in [6, 6.07) is 29.6. The quantitative estimate of drug-likeness (QED) is 0.641. The Bertz CT molecular complexity index is 649. The molecule has 22 heavy (non-hydrogen) atoms. The molecule has 0 bridgehead atoms. The van der Waals surface area contributed by atoms with E-state index < -0.39 is 0 Å². The maximum atomic E-state index is 6.50. The van der Waals surface area contributed by atoms with Crippen molar-refractivity contribution >= 4 is 0 Å². The lowest BCUT2D eigenvalue weighted by atomic mass is 9.95. The lowest BCUT2D eigenvalue weighted by Gasteiger charge is -2.09. The third-order valence-corrected chi connectivity index (χ3v) is 3.10. The molecule has 0 unspecified atom stereocenters. The van der Waals surface area contributed by atoms with Gasteiger partial charge in [0.15, 0.2) is 0 Å². The molecule has 0 saturated carbocycles. The van der Waals surface area contributed by atoms with E-state index in [2.05, 4.69) is 98.1 Å². The Labute approximate surface area is 131 Å². The Morgan fingerprint density at radius 1 is 0.409 bits per heavy atom. The van der Waals surface area contributed by atoms with Crippen LogP contribution >= 0.6 is 0 Å². The first-order valence-corrected chi connectivity index (χ1v) is 6.67. The third kappa shape index (κ3) is 4.07. The maximum absolute atomic E-state index is 6.50. The molecule has 2 nitrogen and oxygen atoms in total. The molecule has 0 heterocycles. The van der Waals surface area contributed by atoms with E-state index >= 15 is 0 Å². The van der Waals surface area contributed by atoms with Crippen LogP contribution in [0.5, 0.6) is 0 Å². The van der Waals surface area contributed by atoms with Gasteiger partial charge in [-0.3, -0.25) is 0 Å².